The smallest absolute Gasteiger partial charge is 0.149 e. The molecule has 0 spiro atoms. The lowest BCUT2D eigenvalue weighted by Gasteiger charge is -2.03. The number of hydroxylamine groups is 2. The van der Waals surface area contributed by atoms with E-state index in [0.29, 0.717) is 0 Å². The van der Waals surface area contributed by atoms with Crippen molar-refractivity contribution in [3.05, 3.63) is 0 Å². The Hall–Kier alpha value is -0.0600. The van der Waals surface area contributed by atoms with Gasteiger partial charge in [-0.15, -0.1) is 11.0 Å². The topological polar surface area (TPSA) is 59.6 Å². The number of nitrogens with one attached hydrogen (secondary N) is 2. The fourth-order valence-electron chi connectivity index (χ4n) is 5.00. The first-order valence-electron chi connectivity index (χ1n) is 17.1. The molecule has 0 aliphatic rings. The Morgan fingerprint density at radius 1 is 0.368 bits per heavy atom. The molecule has 0 saturated heterocycles. The third kappa shape index (κ3) is 34.0. The van der Waals surface area contributed by atoms with Crippen molar-refractivity contribution in [3.8, 4) is 0 Å². The van der Waals surface area contributed by atoms with Crippen LogP contribution >= 0.6 is 8.25 Å². The van der Waals surface area contributed by atoms with Gasteiger partial charge in [0.25, 0.3) is 0 Å². The predicted octanol–water partition coefficient (Wildman–Crippen LogP) is 11.6. The maximum atomic E-state index is 11.7. The van der Waals surface area contributed by atoms with Gasteiger partial charge in [-0.1, -0.05) is 181 Å². The Labute approximate surface area is 239 Å². The van der Waals surface area contributed by atoms with Crippen LogP contribution in [0, 0.1) is 0 Å². The van der Waals surface area contributed by atoms with Crippen LogP contribution in [0.1, 0.15) is 194 Å². The van der Waals surface area contributed by atoms with E-state index in [9.17, 15) is 4.57 Å². The van der Waals surface area contributed by atoms with Gasteiger partial charge >= 0.3 is 8.25 Å². The molecule has 0 aromatic heterocycles. The third-order valence-corrected chi connectivity index (χ3v) is 8.10. The summed E-state index contributed by atoms with van der Waals surface area (Å²) >= 11 is 0. The minimum atomic E-state index is -2.14. The second-order valence-corrected chi connectivity index (χ2v) is 12.2. The molecule has 0 bridgehead atoms. The van der Waals surface area contributed by atoms with Crippen LogP contribution in [0.25, 0.3) is 0 Å². The van der Waals surface area contributed by atoms with E-state index in [-0.39, 0.29) is 0 Å². The molecule has 228 valence electrons. The lowest BCUT2D eigenvalue weighted by atomic mass is 10.0. The Kier molecular flexibility index (Phi) is 34.9. The van der Waals surface area contributed by atoms with Gasteiger partial charge in [-0.3, -0.25) is 0 Å². The molecule has 0 amide bonds. The standard InChI is InChI=1S/C32H68N2O3P/c1-3-5-7-9-11-13-15-17-19-21-23-25-27-29-31-33-36-38(35)37-34-32-30-28-26-24-22-20-18-16-14-12-10-8-6-4-2/h33-34H,3-32H2,1-2H3/q+1. The van der Waals surface area contributed by atoms with Crippen molar-refractivity contribution < 1.29 is 13.8 Å². The summed E-state index contributed by atoms with van der Waals surface area (Å²) in [6, 6.07) is 0. The van der Waals surface area contributed by atoms with Crippen molar-refractivity contribution in [1.82, 2.24) is 11.0 Å². The van der Waals surface area contributed by atoms with Crippen molar-refractivity contribution in [2.45, 2.75) is 194 Å². The molecule has 6 heteroatoms. The minimum Gasteiger partial charge on any atom is -0.149 e. The van der Waals surface area contributed by atoms with Crippen LogP contribution in [0.3, 0.4) is 0 Å². The maximum absolute atomic E-state index is 11.7. The van der Waals surface area contributed by atoms with Crippen LogP contribution < -0.4 is 11.0 Å². The summed E-state index contributed by atoms with van der Waals surface area (Å²) in [5.74, 6) is 0. The number of rotatable bonds is 34. The molecule has 0 unspecified atom stereocenters. The van der Waals surface area contributed by atoms with Gasteiger partial charge in [-0.25, -0.2) is 0 Å². The fourth-order valence-corrected chi connectivity index (χ4v) is 5.43. The third-order valence-electron chi connectivity index (χ3n) is 7.54. The van der Waals surface area contributed by atoms with Gasteiger partial charge < -0.3 is 0 Å². The zero-order chi connectivity index (χ0) is 27.6. The molecule has 0 radical (unpaired) electrons. The Morgan fingerprint density at radius 3 is 0.816 bits per heavy atom. The lowest BCUT2D eigenvalue weighted by molar-refractivity contribution is 0.116. The molecule has 0 aromatic carbocycles. The molecule has 0 aromatic rings. The van der Waals surface area contributed by atoms with Gasteiger partial charge in [-0.05, 0) is 22.1 Å². The fraction of sp³-hybridized carbons (Fsp3) is 1.00. The van der Waals surface area contributed by atoms with Gasteiger partial charge in [0.15, 0.2) is 0 Å². The predicted molar refractivity (Wildman–Crippen MR) is 166 cm³/mol. The van der Waals surface area contributed by atoms with E-state index in [1.165, 1.54) is 167 Å². The van der Waals surface area contributed by atoms with Crippen molar-refractivity contribution >= 4 is 8.25 Å². The van der Waals surface area contributed by atoms with Crippen LogP contribution in [-0.2, 0) is 13.8 Å². The normalized spacial score (nSPS) is 11.4. The van der Waals surface area contributed by atoms with Crippen molar-refractivity contribution in [3.63, 3.8) is 0 Å². The summed E-state index contributed by atoms with van der Waals surface area (Å²) in [4.78, 5) is 0. The van der Waals surface area contributed by atoms with Gasteiger partial charge in [0, 0.05) is 17.7 Å². The largest absolute Gasteiger partial charge is 0.735 e. The SMILES string of the molecule is CCCCCCCCCCCCCCCCNO[P+](=O)ONCCCCCCCCCCCCCCCC. The quantitative estimate of drug-likeness (QED) is 0.0466. The molecule has 0 saturated carbocycles. The number of unbranched alkanes of at least 4 members (excludes halogenated alkanes) is 26. The zero-order valence-corrected chi connectivity index (χ0v) is 26.8. The van der Waals surface area contributed by atoms with Crippen LogP contribution in [-0.4, -0.2) is 13.1 Å². The van der Waals surface area contributed by atoms with Crippen LogP contribution in [0.5, 0.6) is 0 Å². The number of hydrogen-bond acceptors (Lipinski definition) is 5. The summed E-state index contributed by atoms with van der Waals surface area (Å²) in [5, 5.41) is 0. The molecule has 38 heavy (non-hydrogen) atoms. The van der Waals surface area contributed by atoms with Crippen molar-refractivity contribution in [2.75, 3.05) is 13.1 Å². The Balaban J connectivity index is 3.14. The van der Waals surface area contributed by atoms with Crippen LogP contribution in [0.4, 0.5) is 0 Å². The van der Waals surface area contributed by atoms with E-state index in [4.69, 9.17) is 9.25 Å². The van der Waals surface area contributed by atoms with E-state index in [1.54, 1.807) is 0 Å². The maximum Gasteiger partial charge on any atom is 0.735 e. The van der Waals surface area contributed by atoms with E-state index in [0.717, 1.165) is 25.9 Å². The van der Waals surface area contributed by atoms with E-state index in [2.05, 4.69) is 24.8 Å². The Bertz CT molecular complexity index is 416. The second-order valence-electron chi connectivity index (χ2n) is 11.4. The Morgan fingerprint density at radius 2 is 0.579 bits per heavy atom. The van der Waals surface area contributed by atoms with Gasteiger partial charge in [0.2, 0.25) is 0 Å². The highest BCUT2D eigenvalue weighted by Crippen LogP contribution is 2.19. The van der Waals surface area contributed by atoms with E-state index < -0.39 is 8.25 Å². The van der Waals surface area contributed by atoms with Gasteiger partial charge in [0.1, 0.15) is 0 Å². The highest BCUT2D eigenvalue weighted by atomic mass is 31.1. The summed E-state index contributed by atoms with van der Waals surface area (Å²) in [5.41, 5.74) is 5.57. The molecule has 5 nitrogen and oxygen atoms in total. The molecular weight excluding hydrogens is 491 g/mol. The minimum absolute atomic E-state index is 0.724. The summed E-state index contributed by atoms with van der Waals surface area (Å²) < 4.78 is 21.8. The first kappa shape index (κ1) is 37.9. The van der Waals surface area contributed by atoms with Gasteiger partial charge in [-0.2, -0.15) is 0 Å². The second kappa shape index (κ2) is 35.0. The monoisotopic (exact) mass is 559 g/mol. The summed E-state index contributed by atoms with van der Waals surface area (Å²) in [7, 11) is -2.14. The van der Waals surface area contributed by atoms with E-state index in [1.807, 2.05) is 0 Å². The van der Waals surface area contributed by atoms with Gasteiger partial charge in [0.05, 0.1) is 0 Å². The first-order valence-corrected chi connectivity index (χ1v) is 18.2. The van der Waals surface area contributed by atoms with Crippen LogP contribution in [0.2, 0.25) is 0 Å². The molecule has 2 N–H and O–H groups in total. The molecule has 0 aliphatic carbocycles. The highest BCUT2D eigenvalue weighted by Gasteiger charge is 2.20. The molecule has 0 atom stereocenters. The van der Waals surface area contributed by atoms with Crippen LogP contribution in [0.15, 0.2) is 0 Å². The molecular formula is C32H68N2O3P+. The molecule has 0 aliphatic heterocycles. The van der Waals surface area contributed by atoms with Crippen molar-refractivity contribution in [1.29, 1.82) is 0 Å². The zero-order valence-electron chi connectivity index (χ0n) is 25.9. The highest BCUT2D eigenvalue weighted by molar-refractivity contribution is 7.33. The van der Waals surface area contributed by atoms with Crippen molar-refractivity contribution in [2.24, 2.45) is 0 Å². The van der Waals surface area contributed by atoms with E-state index >= 15 is 0 Å². The number of hydrogen-bond donors (Lipinski definition) is 2. The average Bonchev–Trinajstić information content (AvgIpc) is 2.92. The summed E-state index contributed by atoms with van der Waals surface area (Å²) in [6.07, 6.45) is 37.8. The molecule has 0 rings (SSSR count). The first-order chi connectivity index (χ1) is 18.8. The molecule has 0 heterocycles. The molecule has 0 fully saturated rings. The summed E-state index contributed by atoms with van der Waals surface area (Å²) in [6.45, 7) is 6.01. The lowest BCUT2D eigenvalue weighted by Crippen LogP contribution is -2.16. The average molecular weight is 560 g/mol.